The molecular weight excluding hydrogens is 346 g/mol. The number of aryl methyl sites for hydroxylation is 1. The molecule has 130 valence electrons. The third-order valence-corrected chi connectivity index (χ3v) is 5.72. The first kappa shape index (κ1) is 16.5. The smallest absolute Gasteiger partial charge is 0.341 e. The van der Waals surface area contributed by atoms with Gasteiger partial charge in [-0.05, 0) is 31.5 Å². The van der Waals surface area contributed by atoms with Crippen LogP contribution in [-0.4, -0.2) is 22.8 Å². The van der Waals surface area contributed by atoms with Crippen LogP contribution in [0.25, 0.3) is 15.7 Å². The van der Waals surface area contributed by atoms with E-state index >= 15 is 0 Å². The highest BCUT2D eigenvalue weighted by atomic mass is 32.1. The summed E-state index contributed by atoms with van der Waals surface area (Å²) >= 11 is 1.36. The van der Waals surface area contributed by atoms with Crippen LogP contribution in [0.4, 0.5) is 0 Å². The number of hydrogen-bond acceptors (Lipinski definition) is 4. The zero-order chi connectivity index (χ0) is 18.3. The summed E-state index contributed by atoms with van der Waals surface area (Å²) in [5, 5.41) is 0. The summed E-state index contributed by atoms with van der Waals surface area (Å²) in [6.45, 7) is 4.03. The summed E-state index contributed by atoms with van der Waals surface area (Å²) in [4.78, 5) is 26.2. The number of fused-ring (bicyclic) bond motifs is 3. The molecule has 1 aromatic carbocycles. The van der Waals surface area contributed by atoms with Crippen LogP contribution in [-0.2, 0) is 4.74 Å². The summed E-state index contributed by atoms with van der Waals surface area (Å²) in [5.41, 5.74) is 3.76. The second-order valence-electron chi connectivity index (χ2n) is 5.98. The number of aromatic nitrogens is 1. The second-order valence-corrected chi connectivity index (χ2v) is 7.00. The Bertz CT molecular complexity index is 1140. The van der Waals surface area contributed by atoms with Gasteiger partial charge in [-0.2, -0.15) is 0 Å². The maximum Gasteiger partial charge on any atom is 0.341 e. The molecule has 0 unspecified atom stereocenters. The highest BCUT2D eigenvalue weighted by Gasteiger charge is 2.26. The number of thiophene rings is 1. The van der Waals surface area contributed by atoms with Gasteiger partial charge in [0.15, 0.2) is 0 Å². The minimum atomic E-state index is -0.355. The van der Waals surface area contributed by atoms with Crippen LogP contribution in [0.2, 0.25) is 0 Å². The van der Waals surface area contributed by atoms with Crippen LogP contribution in [0, 0.1) is 6.92 Å². The monoisotopic (exact) mass is 363 g/mol. The normalized spacial score (nSPS) is 11.2. The predicted molar refractivity (Wildman–Crippen MR) is 103 cm³/mol. The first-order valence-corrected chi connectivity index (χ1v) is 9.24. The number of carbonyl (C=O) groups is 2. The van der Waals surface area contributed by atoms with Crippen molar-refractivity contribution in [3.8, 4) is 0 Å². The van der Waals surface area contributed by atoms with Crippen LogP contribution < -0.4 is 0 Å². The molecule has 0 spiro atoms. The van der Waals surface area contributed by atoms with Crippen LogP contribution in [0.3, 0.4) is 0 Å². The van der Waals surface area contributed by atoms with Gasteiger partial charge in [0.05, 0.1) is 27.2 Å². The molecule has 0 aliphatic carbocycles. The van der Waals surface area contributed by atoms with E-state index < -0.39 is 0 Å². The standard InChI is InChI=1S/C21H17NO3S/c1-3-25-21(24)16-15-11-7-8-12-22(15)17-13(2)19(26-20(16)17)18(23)14-9-5-4-6-10-14/h4-12H,3H2,1-2H3. The van der Waals surface area contributed by atoms with E-state index in [2.05, 4.69) is 0 Å². The van der Waals surface area contributed by atoms with Crippen molar-refractivity contribution in [2.45, 2.75) is 13.8 Å². The summed E-state index contributed by atoms with van der Waals surface area (Å²) < 4.78 is 8.03. The number of ether oxygens (including phenoxy) is 1. The zero-order valence-electron chi connectivity index (χ0n) is 14.5. The molecule has 0 N–H and O–H groups in total. The van der Waals surface area contributed by atoms with Crippen LogP contribution >= 0.6 is 11.3 Å². The lowest BCUT2D eigenvalue weighted by atomic mass is 10.1. The average Bonchev–Trinajstić information content (AvgIpc) is 3.16. The lowest BCUT2D eigenvalue weighted by molar-refractivity contribution is 0.0531. The van der Waals surface area contributed by atoms with Gasteiger partial charge in [0.1, 0.15) is 5.56 Å². The van der Waals surface area contributed by atoms with Crippen molar-refractivity contribution in [2.75, 3.05) is 6.61 Å². The zero-order valence-corrected chi connectivity index (χ0v) is 15.3. The quantitative estimate of drug-likeness (QED) is 0.384. The van der Waals surface area contributed by atoms with Crippen LogP contribution in [0.15, 0.2) is 54.7 Å². The van der Waals surface area contributed by atoms with Gasteiger partial charge < -0.3 is 9.14 Å². The molecule has 26 heavy (non-hydrogen) atoms. The number of benzene rings is 1. The molecule has 4 rings (SSSR count). The van der Waals surface area contributed by atoms with E-state index in [1.165, 1.54) is 11.3 Å². The molecule has 5 heteroatoms. The maximum atomic E-state index is 13.0. The molecule has 0 fully saturated rings. The van der Waals surface area contributed by atoms with E-state index in [1.54, 1.807) is 6.92 Å². The lowest BCUT2D eigenvalue weighted by Gasteiger charge is -2.03. The maximum absolute atomic E-state index is 13.0. The van der Waals surface area contributed by atoms with Crippen molar-refractivity contribution in [1.82, 2.24) is 4.40 Å². The number of ketones is 1. The van der Waals surface area contributed by atoms with Crippen molar-refractivity contribution in [2.24, 2.45) is 0 Å². The third kappa shape index (κ3) is 2.44. The number of hydrogen-bond donors (Lipinski definition) is 0. The molecule has 0 aliphatic rings. The van der Waals surface area contributed by atoms with E-state index in [4.69, 9.17) is 4.74 Å². The third-order valence-electron chi connectivity index (χ3n) is 4.42. The molecule has 0 radical (unpaired) electrons. The number of nitrogens with zero attached hydrogens (tertiary/aromatic N) is 1. The molecular formula is C21H17NO3S. The number of pyridine rings is 1. The Hall–Kier alpha value is -2.92. The Balaban J connectivity index is 1.99. The van der Waals surface area contributed by atoms with Gasteiger partial charge >= 0.3 is 5.97 Å². The summed E-state index contributed by atoms with van der Waals surface area (Å²) in [7, 11) is 0. The fourth-order valence-corrected chi connectivity index (χ4v) is 4.56. The molecule has 0 saturated carbocycles. The van der Waals surface area contributed by atoms with E-state index in [0.29, 0.717) is 22.6 Å². The lowest BCUT2D eigenvalue weighted by Crippen LogP contribution is -2.04. The van der Waals surface area contributed by atoms with Crippen molar-refractivity contribution in [3.05, 3.63) is 76.3 Å². The SMILES string of the molecule is CCOC(=O)c1c2sc(C(=O)c3ccccc3)c(C)c2n2ccccc12. The first-order chi connectivity index (χ1) is 12.6. The van der Waals surface area contributed by atoms with E-state index in [1.807, 2.05) is 66.1 Å². The Labute approximate surface area is 154 Å². The summed E-state index contributed by atoms with van der Waals surface area (Å²) in [6, 6.07) is 14.9. The highest BCUT2D eigenvalue weighted by Crippen LogP contribution is 2.38. The average molecular weight is 363 g/mol. The van der Waals surface area contributed by atoms with Gasteiger partial charge in [0.2, 0.25) is 5.78 Å². The van der Waals surface area contributed by atoms with Crippen molar-refractivity contribution >= 4 is 38.8 Å². The minimum Gasteiger partial charge on any atom is -0.462 e. The topological polar surface area (TPSA) is 47.8 Å². The summed E-state index contributed by atoms with van der Waals surface area (Å²) in [5.74, 6) is -0.380. The van der Waals surface area contributed by atoms with E-state index in [-0.39, 0.29) is 11.8 Å². The van der Waals surface area contributed by atoms with Gasteiger partial charge in [0.25, 0.3) is 0 Å². The predicted octanol–water partition coefficient (Wildman–Crippen LogP) is 4.87. The number of esters is 1. The highest BCUT2D eigenvalue weighted by molar-refractivity contribution is 7.21. The Morgan fingerprint density at radius 3 is 2.54 bits per heavy atom. The van der Waals surface area contributed by atoms with Gasteiger partial charge in [-0.15, -0.1) is 11.3 Å². The second kappa shape index (κ2) is 6.42. The van der Waals surface area contributed by atoms with Crippen molar-refractivity contribution in [1.29, 1.82) is 0 Å². The largest absolute Gasteiger partial charge is 0.462 e. The summed E-state index contributed by atoms with van der Waals surface area (Å²) in [6.07, 6.45) is 1.91. The van der Waals surface area contributed by atoms with Gasteiger partial charge in [0, 0.05) is 11.8 Å². The Morgan fingerprint density at radius 1 is 1.08 bits per heavy atom. The fraction of sp³-hybridized carbons (Fsp3) is 0.143. The Kier molecular flexibility index (Phi) is 4.09. The van der Waals surface area contributed by atoms with Crippen LogP contribution in [0.1, 0.15) is 38.1 Å². The molecule has 0 atom stereocenters. The number of rotatable bonds is 4. The molecule has 0 bridgehead atoms. The molecule has 4 aromatic rings. The van der Waals surface area contributed by atoms with E-state index in [9.17, 15) is 9.59 Å². The van der Waals surface area contributed by atoms with Gasteiger partial charge in [-0.25, -0.2) is 4.79 Å². The molecule has 0 amide bonds. The number of carbonyl (C=O) groups excluding carboxylic acids is 2. The molecule has 0 aliphatic heterocycles. The molecule has 4 nitrogen and oxygen atoms in total. The Morgan fingerprint density at radius 2 is 1.81 bits per heavy atom. The molecule has 3 heterocycles. The van der Waals surface area contributed by atoms with Crippen molar-refractivity contribution in [3.63, 3.8) is 0 Å². The minimum absolute atomic E-state index is 0.0243. The molecule has 0 saturated heterocycles. The van der Waals surface area contributed by atoms with Crippen LogP contribution in [0.5, 0.6) is 0 Å². The van der Waals surface area contributed by atoms with Gasteiger partial charge in [-0.3, -0.25) is 4.79 Å². The fourth-order valence-electron chi connectivity index (χ4n) is 3.26. The van der Waals surface area contributed by atoms with Crippen molar-refractivity contribution < 1.29 is 14.3 Å². The van der Waals surface area contributed by atoms with Gasteiger partial charge in [-0.1, -0.05) is 36.4 Å². The van der Waals surface area contributed by atoms with E-state index in [0.717, 1.165) is 21.3 Å². The first-order valence-electron chi connectivity index (χ1n) is 8.42. The molecule has 3 aromatic heterocycles.